The summed E-state index contributed by atoms with van der Waals surface area (Å²) in [7, 11) is -4.34. The maximum absolute atomic E-state index is 14.2. The minimum atomic E-state index is -4.34. The molecule has 0 unspecified atom stereocenters. The number of carbonyl (C=O) groups is 1. The van der Waals surface area contributed by atoms with E-state index in [0.717, 1.165) is 48.2 Å². The van der Waals surface area contributed by atoms with Crippen LogP contribution in [0.4, 0.5) is 10.2 Å². The summed E-state index contributed by atoms with van der Waals surface area (Å²) >= 11 is 6.21. The zero-order chi connectivity index (χ0) is 27.1. The lowest BCUT2D eigenvalue weighted by Gasteiger charge is -2.32. The van der Waals surface area contributed by atoms with Crippen molar-refractivity contribution in [2.75, 3.05) is 24.6 Å². The predicted molar refractivity (Wildman–Crippen MR) is 144 cm³/mol. The number of pyridine rings is 3. The predicted octanol–water partition coefficient (Wildman–Crippen LogP) is 4.34. The van der Waals surface area contributed by atoms with Gasteiger partial charge in [0, 0.05) is 36.7 Å². The number of hydrogen-bond donors (Lipinski definition) is 1. The number of aromatic nitrogens is 3. The van der Waals surface area contributed by atoms with Crippen molar-refractivity contribution in [3.63, 3.8) is 0 Å². The summed E-state index contributed by atoms with van der Waals surface area (Å²) in [4.78, 5) is 28.6. The van der Waals surface area contributed by atoms with Gasteiger partial charge in [-0.05, 0) is 48.9 Å². The molecule has 1 atom stereocenters. The third-order valence-corrected chi connectivity index (χ3v) is 8.85. The lowest BCUT2D eigenvalue weighted by Crippen LogP contribution is -2.37. The number of anilines is 1. The van der Waals surface area contributed by atoms with Crippen LogP contribution in [0.3, 0.4) is 0 Å². The average Bonchev–Trinajstić information content (AvgIpc) is 3.01. The minimum Gasteiger partial charge on any atom is -0.490 e. The highest BCUT2D eigenvalue weighted by molar-refractivity contribution is 7.92. The van der Waals surface area contributed by atoms with Crippen LogP contribution >= 0.6 is 11.6 Å². The van der Waals surface area contributed by atoms with E-state index < -0.39 is 26.1 Å². The van der Waals surface area contributed by atoms with Gasteiger partial charge in [-0.15, -0.1) is 0 Å². The third kappa shape index (κ3) is 4.87. The minimum absolute atomic E-state index is 0.0330. The fourth-order valence-corrected chi connectivity index (χ4v) is 6.19. The highest BCUT2D eigenvalue weighted by Crippen LogP contribution is 2.38. The summed E-state index contributed by atoms with van der Waals surface area (Å²) in [5, 5.41) is 3.46. The molecule has 4 aromatic rings. The molecule has 2 aliphatic heterocycles. The molecule has 9 nitrogen and oxygen atoms in total. The van der Waals surface area contributed by atoms with Crippen molar-refractivity contribution in [1.82, 2.24) is 20.3 Å². The molecule has 6 rings (SSSR count). The molecule has 200 valence electrons. The molecule has 1 saturated heterocycles. The Morgan fingerprint density at radius 2 is 1.95 bits per heavy atom. The van der Waals surface area contributed by atoms with Crippen molar-refractivity contribution in [3.8, 4) is 17.1 Å². The van der Waals surface area contributed by atoms with Crippen LogP contribution < -0.4 is 15.0 Å². The first-order chi connectivity index (χ1) is 18.8. The van der Waals surface area contributed by atoms with Gasteiger partial charge in [-0.3, -0.25) is 9.78 Å². The van der Waals surface area contributed by atoms with Crippen molar-refractivity contribution in [1.29, 1.82) is 0 Å². The quantitative estimate of drug-likeness (QED) is 0.379. The topological polar surface area (TPSA) is 114 Å². The van der Waals surface area contributed by atoms with E-state index in [-0.39, 0.29) is 35.9 Å². The second-order valence-electron chi connectivity index (χ2n) is 9.35. The second-order valence-corrected chi connectivity index (χ2v) is 11.8. The van der Waals surface area contributed by atoms with Gasteiger partial charge < -0.3 is 15.0 Å². The first-order valence-electron chi connectivity index (χ1n) is 12.4. The van der Waals surface area contributed by atoms with Gasteiger partial charge in [-0.2, -0.15) is 0 Å². The SMILES string of the molecule is O=C(NCc1cc2nc(-c3cccc(N4CCC4)n3)ccc2cn1)c1cc(Cl)c2c(c1)S(=O)(=O)[C@@H](F)CCO2. The van der Waals surface area contributed by atoms with Gasteiger partial charge in [0.2, 0.25) is 15.3 Å². The number of sulfone groups is 1. The maximum atomic E-state index is 14.2. The van der Waals surface area contributed by atoms with Gasteiger partial charge in [-0.25, -0.2) is 22.8 Å². The number of amides is 1. The lowest BCUT2D eigenvalue weighted by atomic mass is 10.1. The number of nitrogens with one attached hydrogen (secondary N) is 1. The van der Waals surface area contributed by atoms with Crippen LogP contribution in [0.25, 0.3) is 22.3 Å². The molecule has 0 spiro atoms. The number of ether oxygens (including phenoxy) is 1. The largest absolute Gasteiger partial charge is 0.490 e. The molecule has 1 N–H and O–H groups in total. The zero-order valence-electron chi connectivity index (χ0n) is 20.6. The lowest BCUT2D eigenvalue weighted by molar-refractivity contribution is 0.0950. The second kappa shape index (κ2) is 10.0. The van der Waals surface area contributed by atoms with Crippen molar-refractivity contribution >= 4 is 44.1 Å². The van der Waals surface area contributed by atoms with Crippen LogP contribution in [-0.2, 0) is 16.4 Å². The van der Waals surface area contributed by atoms with Crippen molar-refractivity contribution < 1.29 is 22.3 Å². The molecule has 12 heteroatoms. The summed E-state index contributed by atoms with van der Waals surface area (Å²) < 4.78 is 44.8. The van der Waals surface area contributed by atoms with E-state index >= 15 is 0 Å². The smallest absolute Gasteiger partial charge is 0.251 e. The van der Waals surface area contributed by atoms with Gasteiger partial charge in [0.25, 0.3) is 5.91 Å². The number of nitrogens with zero attached hydrogens (tertiary/aromatic N) is 4. The summed E-state index contributed by atoms with van der Waals surface area (Å²) in [6, 6.07) is 13.9. The first-order valence-corrected chi connectivity index (χ1v) is 14.3. The molecule has 0 radical (unpaired) electrons. The van der Waals surface area contributed by atoms with Crippen LogP contribution in [0.2, 0.25) is 5.02 Å². The number of fused-ring (bicyclic) bond motifs is 2. The summed E-state index contributed by atoms with van der Waals surface area (Å²) in [5.74, 6) is 0.194. The normalized spacial score (nSPS) is 18.0. The molecule has 39 heavy (non-hydrogen) atoms. The molecule has 5 heterocycles. The Labute approximate surface area is 228 Å². The van der Waals surface area contributed by atoms with Crippen LogP contribution in [0.5, 0.6) is 5.75 Å². The van der Waals surface area contributed by atoms with Gasteiger partial charge in [0.05, 0.1) is 40.8 Å². The van der Waals surface area contributed by atoms with Crippen LogP contribution in [0, 0.1) is 0 Å². The Balaban J connectivity index is 1.22. The standard InChI is InChI=1S/C27H23ClFN5O4S/c28-19-11-17(12-23-26(19)38-10-7-24(29)39(23,36)37)27(35)31-15-18-13-22-16(14-30-18)5-6-21(32-22)20-3-1-4-25(33-20)34-8-2-9-34/h1,3-6,11-14,24H,2,7-10,15H2,(H,31,35)/t24-/m1/s1. The van der Waals surface area contributed by atoms with Gasteiger partial charge in [-0.1, -0.05) is 17.7 Å². The summed E-state index contributed by atoms with van der Waals surface area (Å²) in [5.41, 5.74) is 0.550. The molecular weight excluding hydrogens is 545 g/mol. The maximum Gasteiger partial charge on any atom is 0.251 e. The van der Waals surface area contributed by atoms with E-state index in [9.17, 15) is 17.6 Å². The van der Waals surface area contributed by atoms with Gasteiger partial charge in [0.1, 0.15) is 10.7 Å². The van der Waals surface area contributed by atoms with E-state index in [1.54, 1.807) is 12.3 Å². The Kier molecular flexibility index (Phi) is 6.56. The summed E-state index contributed by atoms with van der Waals surface area (Å²) in [6.45, 7) is 1.91. The first kappa shape index (κ1) is 25.4. The molecule has 0 bridgehead atoms. The average molecular weight is 568 g/mol. The van der Waals surface area contributed by atoms with Crippen molar-refractivity contribution in [3.05, 3.63) is 71.0 Å². The fourth-order valence-electron chi connectivity index (χ4n) is 4.45. The number of halogens is 2. The summed E-state index contributed by atoms with van der Waals surface area (Å²) in [6.07, 6.45) is 2.51. The molecule has 1 amide bonds. The molecule has 0 aliphatic carbocycles. The fraction of sp³-hybridized carbons (Fsp3) is 0.259. The number of rotatable bonds is 5. The Bertz CT molecular complexity index is 1710. The Morgan fingerprint density at radius 1 is 1.13 bits per heavy atom. The van der Waals surface area contributed by atoms with Gasteiger partial charge in [0.15, 0.2) is 5.75 Å². The number of carbonyl (C=O) groups excluding carboxylic acids is 1. The Hall–Kier alpha value is -3.83. The number of hydrogen-bond acceptors (Lipinski definition) is 8. The van der Waals surface area contributed by atoms with Crippen molar-refractivity contribution in [2.24, 2.45) is 0 Å². The van der Waals surface area contributed by atoms with E-state index in [2.05, 4.69) is 15.2 Å². The molecule has 1 fully saturated rings. The highest BCUT2D eigenvalue weighted by atomic mass is 35.5. The van der Waals surface area contributed by atoms with Crippen molar-refractivity contribution in [2.45, 2.75) is 29.8 Å². The van der Waals surface area contributed by atoms with E-state index in [4.69, 9.17) is 26.3 Å². The zero-order valence-corrected chi connectivity index (χ0v) is 22.2. The van der Waals surface area contributed by atoms with E-state index in [1.807, 2.05) is 30.3 Å². The van der Waals surface area contributed by atoms with Crippen LogP contribution in [-0.4, -0.2) is 54.5 Å². The van der Waals surface area contributed by atoms with Crippen LogP contribution in [0.15, 0.2) is 59.6 Å². The van der Waals surface area contributed by atoms with Crippen LogP contribution in [0.1, 0.15) is 28.9 Å². The highest BCUT2D eigenvalue weighted by Gasteiger charge is 2.35. The van der Waals surface area contributed by atoms with Gasteiger partial charge >= 0.3 is 0 Å². The monoisotopic (exact) mass is 567 g/mol. The molecule has 0 saturated carbocycles. The Morgan fingerprint density at radius 3 is 2.74 bits per heavy atom. The van der Waals surface area contributed by atoms with E-state index in [0.29, 0.717) is 11.2 Å². The molecule has 3 aromatic heterocycles. The van der Waals surface area contributed by atoms with E-state index in [1.165, 1.54) is 6.07 Å². The molecule has 1 aromatic carbocycles. The third-order valence-electron chi connectivity index (χ3n) is 6.74. The number of alkyl halides is 1. The number of benzene rings is 1. The molecule has 2 aliphatic rings. The molecular formula is C27H23ClFN5O4S.